The Hall–Kier alpha value is -1.11. The molecule has 0 aliphatic heterocycles. The lowest BCUT2D eigenvalue weighted by Gasteiger charge is -2.07. The average Bonchev–Trinajstić information content (AvgIpc) is 2.27. The lowest BCUT2D eigenvalue weighted by molar-refractivity contribution is 0.768. The molecule has 0 bridgehead atoms. The molecule has 0 aliphatic carbocycles. The third-order valence-electron chi connectivity index (χ3n) is 3.09. The largest absolute Gasteiger partial charge is 0.258 e. The Morgan fingerprint density at radius 1 is 1.24 bits per heavy atom. The highest BCUT2D eigenvalue weighted by Crippen LogP contribution is 2.13. The summed E-state index contributed by atoms with van der Waals surface area (Å²) in [7, 11) is 0. The standard InChI is InChI=1S/C16H25N/c1-5-6-9-15-11-12-16(17-14(15)4)10-7-8-13(2)3/h11-12H,2,5-10H2,1,3-4H3. The number of aryl methyl sites for hydroxylation is 3. The second kappa shape index (κ2) is 7.26. The van der Waals surface area contributed by atoms with Crippen LogP contribution in [-0.2, 0) is 12.8 Å². The fraction of sp³-hybridized carbons (Fsp3) is 0.562. The molecule has 0 unspecified atom stereocenters. The molecule has 1 aromatic rings. The lowest BCUT2D eigenvalue weighted by Crippen LogP contribution is -1.98. The molecule has 0 spiro atoms. The van der Waals surface area contributed by atoms with Crippen LogP contribution >= 0.6 is 0 Å². The number of rotatable bonds is 7. The molecule has 0 fully saturated rings. The summed E-state index contributed by atoms with van der Waals surface area (Å²) in [5.41, 5.74) is 5.12. The summed E-state index contributed by atoms with van der Waals surface area (Å²) in [4.78, 5) is 4.69. The van der Waals surface area contributed by atoms with Gasteiger partial charge in [-0.25, -0.2) is 0 Å². The van der Waals surface area contributed by atoms with E-state index in [2.05, 4.69) is 39.5 Å². The minimum atomic E-state index is 1.07. The summed E-state index contributed by atoms with van der Waals surface area (Å²) < 4.78 is 0. The maximum Gasteiger partial charge on any atom is 0.0407 e. The zero-order valence-corrected chi connectivity index (χ0v) is 11.6. The van der Waals surface area contributed by atoms with Crippen LogP contribution in [0.1, 0.15) is 56.5 Å². The summed E-state index contributed by atoms with van der Waals surface area (Å²) >= 11 is 0. The van der Waals surface area contributed by atoms with Gasteiger partial charge in [-0.3, -0.25) is 4.98 Å². The van der Waals surface area contributed by atoms with Crippen molar-refractivity contribution in [3.8, 4) is 0 Å². The Labute approximate surface area is 106 Å². The summed E-state index contributed by atoms with van der Waals surface area (Å²) in [6.45, 7) is 10.4. The van der Waals surface area contributed by atoms with Crippen LogP contribution in [-0.4, -0.2) is 4.98 Å². The fourth-order valence-corrected chi connectivity index (χ4v) is 1.98. The lowest BCUT2D eigenvalue weighted by atomic mass is 10.0. The molecule has 0 amide bonds. The smallest absolute Gasteiger partial charge is 0.0407 e. The van der Waals surface area contributed by atoms with E-state index in [4.69, 9.17) is 4.98 Å². The number of aromatic nitrogens is 1. The van der Waals surface area contributed by atoms with E-state index in [-0.39, 0.29) is 0 Å². The SMILES string of the molecule is C=C(C)CCCc1ccc(CCCC)c(C)n1. The van der Waals surface area contributed by atoms with E-state index in [1.54, 1.807) is 0 Å². The highest BCUT2D eigenvalue weighted by Gasteiger charge is 2.01. The van der Waals surface area contributed by atoms with Crippen LogP contribution in [0.25, 0.3) is 0 Å². The van der Waals surface area contributed by atoms with Crippen molar-refractivity contribution in [3.63, 3.8) is 0 Å². The van der Waals surface area contributed by atoms with Gasteiger partial charge in [-0.2, -0.15) is 0 Å². The Kier molecular flexibility index (Phi) is 5.96. The van der Waals surface area contributed by atoms with Crippen molar-refractivity contribution in [2.75, 3.05) is 0 Å². The third kappa shape index (κ3) is 5.16. The van der Waals surface area contributed by atoms with Crippen molar-refractivity contribution in [2.45, 2.75) is 59.3 Å². The van der Waals surface area contributed by atoms with Gasteiger partial charge >= 0.3 is 0 Å². The Morgan fingerprint density at radius 3 is 2.59 bits per heavy atom. The number of hydrogen-bond donors (Lipinski definition) is 0. The van der Waals surface area contributed by atoms with E-state index in [1.165, 1.54) is 41.8 Å². The van der Waals surface area contributed by atoms with Crippen molar-refractivity contribution in [1.29, 1.82) is 0 Å². The van der Waals surface area contributed by atoms with Crippen LogP contribution in [0.2, 0.25) is 0 Å². The minimum absolute atomic E-state index is 1.07. The third-order valence-corrected chi connectivity index (χ3v) is 3.09. The van der Waals surface area contributed by atoms with Gasteiger partial charge in [0.05, 0.1) is 0 Å². The molecule has 0 radical (unpaired) electrons. The predicted octanol–water partition coefficient (Wildman–Crippen LogP) is 4.63. The van der Waals surface area contributed by atoms with Crippen molar-refractivity contribution < 1.29 is 0 Å². The Balaban J connectivity index is 2.52. The minimum Gasteiger partial charge on any atom is -0.258 e. The monoisotopic (exact) mass is 231 g/mol. The van der Waals surface area contributed by atoms with E-state index in [0.717, 1.165) is 19.3 Å². The maximum atomic E-state index is 4.69. The van der Waals surface area contributed by atoms with Crippen LogP contribution < -0.4 is 0 Å². The molecule has 0 aliphatic rings. The highest BCUT2D eigenvalue weighted by atomic mass is 14.7. The van der Waals surface area contributed by atoms with E-state index in [1.807, 2.05) is 0 Å². The van der Waals surface area contributed by atoms with Gasteiger partial charge in [-0.1, -0.05) is 25.0 Å². The van der Waals surface area contributed by atoms with Crippen molar-refractivity contribution >= 4 is 0 Å². The number of hydrogen-bond acceptors (Lipinski definition) is 1. The Morgan fingerprint density at radius 2 is 2.00 bits per heavy atom. The number of nitrogens with zero attached hydrogens (tertiary/aromatic N) is 1. The van der Waals surface area contributed by atoms with Crippen LogP contribution in [0.3, 0.4) is 0 Å². The predicted molar refractivity (Wildman–Crippen MR) is 75.3 cm³/mol. The summed E-state index contributed by atoms with van der Waals surface area (Å²) in [5, 5.41) is 0. The highest BCUT2D eigenvalue weighted by molar-refractivity contribution is 5.22. The van der Waals surface area contributed by atoms with Gasteiger partial charge in [-0.15, -0.1) is 6.58 Å². The van der Waals surface area contributed by atoms with Crippen LogP contribution in [0.4, 0.5) is 0 Å². The maximum absolute atomic E-state index is 4.69. The first-order valence-corrected chi connectivity index (χ1v) is 6.73. The molecule has 0 atom stereocenters. The molecule has 1 nitrogen and oxygen atoms in total. The molecule has 17 heavy (non-hydrogen) atoms. The zero-order chi connectivity index (χ0) is 12.7. The first kappa shape index (κ1) is 14.0. The fourth-order valence-electron chi connectivity index (χ4n) is 1.98. The molecule has 0 aromatic carbocycles. The van der Waals surface area contributed by atoms with Gasteiger partial charge in [0.25, 0.3) is 0 Å². The van der Waals surface area contributed by atoms with Crippen molar-refractivity contribution in [3.05, 3.63) is 41.2 Å². The second-order valence-electron chi connectivity index (χ2n) is 4.96. The van der Waals surface area contributed by atoms with Crippen LogP contribution in [0.5, 0.6) is 0 Å². The van der Waals surface area contributed by atoms with Crippen molar-refractivity contribution in [1.82, 2.24) is 4.98 Å². The van der Waals surface area contributed by atoms with Gasteiger partial charge in [0, 0.05) is 11.4 Å². The summed E-state index contributed by atoms with van der Waals surface area (Å²) in [5.74, 6) is 0. The summed E-state index contributed by atoms with van der Waals surface area (Å²) in [6.07, 6.45) is 7.02. The number of unbranched alkanes of at least 4 members (excludes halogenated alkanes) is 1. The Bertz CT molecular complexity index is 366. The molecule has 1 aromatic heterocycles. The molecular weight excluding hydrogens is 206 g/mol. The molecular formula is C16H25N. The quantitative estimate of drug-likeness (QED) is 0.623. The normalized spacial score (nSPS) is 10.5. The zero-order valence-electron chi connectivity index (χ0n) is 11.6. The number of allylic oxidation sites excluding steroid dienone is 1. The van der Waals surface area contributed by atoms with Crippen LogP contribution in [0, 0.1) is 6.92 Å². The molecule has 1 rings (SSSR count). The van der Waals surface area contributed by atoms with Crippen molar-refractivity contribution in [2.24, 2.45) is 0 Å². The van der Waals surface area contributed by atoms with Gasteiger partial charge in [0.15, 0.2) is 0 Å². The molecule has 1 heteroatoms. The van der Waals surface area contributed by atoms with Gasteiger partial charge in [0.1, 0.15) is 0 Å². The van der Waals surface area contributed by atoms with E-state index < -0.39 is 0 Å². The van der Waals surface area contributed by atoms with E-state index in [0.29, 0.717) is 0 Å². The molecule has 0 saturated carbocycles. The molecule has 94 valence electrons. The topological polar surface area (TPSA) is 12.9 Å². The first-order valence-electron chi connectivity index (χ1n) is 6.73. The molecule has 0 N–H and O–H groups in total. The van der Waals surface area contributed by atoms with Gasteiger partial charge < -0.3 is 0 Å². The molecule has 0 saturated heterocycles. The first-order chi connectivity index (χ1) is 8.13. The van der Waals surface area contributed by atoms with Gasteiger partial charge in [0.2, 0.25) is 0 Å². The van der Waals surface area contributed by atoms with Gasteiger partial charge in [-0.05, 0) is 57.6 Å². The van der Waals surface area contributed by atoms with Crippen LogP contribution in [0.15, 0.2) is 24.3 Å². The molecule has 1 heterocycles. The summed E-state index contributed by atoms with van der Waals surface area (Å²) in [6, 6.07) is 4.45. The van der Waals surface area contributed by atoms with E-state index >= 15 is 0 Å². The second-order valence-corrected chi connectivity index (χ2v) is 4.96. The average molecular weight is 231 g/mol. The number of pyridine rings is 1. The van der Waals surface area contributed by atoms with E-state index in [9.17, 15) is 0 Å².